The molecule has 0 aliphatic carbocycles. The lowest BCUT2D eigenvalue weighted by Crippen LogP contribution is -2.35. The van der Waals surface area contributed by atoms with Crippen molar-refractivity contribution in [1.29, 1.82) is 5.41 Å². The Morgan fingerprint density at radius 3 is 2.64 bits per heavy atom. The van der Waals surface area contributed by atoms with E-state index in [1.54, 1.807) is 11.0 Å². The van der Waals surface area contributed by atoms with Gasteiger partial charge in [-0.05, 0) is 44.0 Å². The van der Waals surface area contributed by atoms with Crippen molar-refractivity contribution in [2.45, 2.75) is 27.3 Å². The van der Waals surface area contributed by atoms with Crippen molar-refractivity contribution in [2.24, 2.45) is 4.99 Å². The number of aromatic nitrogens is 1. The predicted molar refractivity (Wildman–Crippen MR) is 135 cm³/mol. The maximum atomic E-state index is 12.7. The summed E-state index contributed by atoms with van der Waals surface area (Å²) in [5.74, 6) is 0.708. The van der Waals surface area contributed by atoms with Gasteiger partial charge in [0.15, 0.2) is 5.17 Å². The van der Waals surface area contributed by atoms with Gasteiger partial charge >= 0.3 is 0 Å². The van der Waals surface area contributed by atoms with Crippen LogP contribution in [0.25, 0.3) is 17.0 Å². The lowest BCUT2D eigenvalue weighted by molar-refractivity contribution is -0.114. The quantitative estimate of drug-likeness (QED) is 0.515. The Morgan fingerprint density at radius 1 is 1.09 bits per heavy atom. The van der Waals surface area contributed by atoms with Crippen molar-refractivity contribution < 1.29 is 9.53 Å². The van der Waals surface area contributed by atoms with Crippen LogP contribution in [0, 0.1) is 19.3 Å². The summed E-state index contributed by atoms with van der Waals surface area (Å²) in [6, 6.07) is 14.2. The molecule has 0 spiro atoms. The van der Waals surface area contributed by atoms with Crippen molar-refractivity contribution in [3.05, 3.63) is 82.0 Å². The first-order valence-corrected chi connectivity index (χ1v) is 11.6. The summed E-state index contributed by atoms with van der Waals surface area (Å²) in [5.41, 5.74) is 4.48. The number of hydrogen-bond donors (Lipinski definition) is 1. The Balaban J connectivity index is 1.45. The highest BCUT2D eigenvalue weighted by Crippen LogP contribution is 2.33. The fourth-order valence-electron chi connectivity index (χ4n) is 4.21. The van der Waals surface area contributed by atoms with Gasteiger partial charge in [-0.2, -0.15) is 4.99 Å². The summed E-state index contributed by atoms with van der Waals surface area (Å²) in [6.07, 6.45) is 5.65. The fourth-order valence-corrected chi connectivity index (χ4v) is 5.02. The molecule has 2 aliphatic rings. The molecule has 3 heterocycles. The number of aryl methyl sites for hydroxylation is 2. The van der Waals surface area contributed by atoms with Crippen molar-refractivity contribution in [3.8, 4) is 5.75 Å². The van der Waals surface area contributed by atoms with E-state index in [2.05, 4.69) is 41.6 Å². The van der Waals surface area contributed by atoms with E-state index < -0.39 is 0 Å². The Morgan fingerprint density at radius 2 is 1.85 bits per heavy atom. The van der Waals surface area contributed by atoms with Gasteiger partial charge in [0.2, 0.25) is 0 Å². The molecule has 0 saturated carbocycles. The van der Waals surface area contributed by atoms with E-state index in [1.165, 1.54) is 11.8 Å². The van der Waals surface area contributed by atoms with Crippen LogP contribution in [0.3, 0.4) is 0 Å². The Bertz CT molecular complexity index is 1380. The van der Waals surface area contributed by atoms with Crippen LogP contribution < -0.4 is 4.74 Å². The molecule has 0 radical (unpaired) electrons. The first-order chi connectivity index (χ1) is 15.9. The molecule has 6 nitrogen and oxygen atoms in total. The average molecular weight is 457 g/mol. The topological polar surface area (TPSA) is 70.7 Å². The number of nitrogens with one attached hydrogen (secondary N) is 1. The minimum absolute atomic E-state index is 0.157. The SMILES string of the molecule is CC1=CN2C(=N)/C(=C/c3cn(CCOc4c(C)cccc4C)c4ccccc34)C(=O)N=C2S1. The second-order valence-electron chi connectivity index (χ2n) is 8.18. The van der Waals surface area contributed by atoms with E-state index in [0.717, 1.165) is 38.2 Å². The minimum Gasteiger partial charge on any atom is -0.491 e. The van der Waals surface area contributed by atoms with E-state index >= 15 is 0 Å². The number of amides is 1. The molecule has 3 aromatic rings. The average Bonchev–Trinajstić information content (AvgIpc) is 3.33. The number of nitrogens with zero attached hydrogens (tertiary/aromatic N) is 3. The van der Waals surface area contributed by atoms with E-state index in [1.807, 2.05) is 43.6 Å². The maximum Gasteiger partial charge on any atom is 0.283 e. The molecule has 166 valence electrons. The molecule has 0 unspecified atom stereocenters. The Labute approximate surface area is 196 Å². The number of allylic oxidation sites excluding steroid dienone is 1. The zero-order valence-corrected chi connectivity index (χ0v) is 19.6. The summed E-state index contributed by atoms with van der Waals surface area (Å²) in [5, 5.41) is 10.1. The Hall–Kier alpha value is -3.58. The monoisotopic (exact) mass is 456 g/mol. The number of fused-ring (bicyclic) bond motifs is 2. The Kier molecular flexibility index (Phi) is 5.42. The normalized spacial score (nSPS) is 16.9. The van der Waals surface area contributed by atoms with Crippen LogP contribution in [-0.2, 0) is 11.3 Å². The number of thioether (sulfide) groups is 1. The molecule has 1 amide bonds. The molecule has 33 heavy (non-hydrogen) atoms. The summed E-state index contributed by atoms with van der Waals surface area (Å²) in [4.78, 5) is 19.6. The van der Waals surface area contributed by atoms with Gasteiger partial charge < -0.3 is 9.30 Å². The van der Waals surface area contributed by atoms with Crippen LogP contribution in [0.15, 0.2) is 70.3 Å². The third kappa shape index (κ3) is 3.89. The van der Waals surface area contributed by atoms with Crippen molar-refractivity contribution >= 4 is 45.7 Å². The fraction of sp³-hybridized carbons (Fsp3) is 0.192. The predicted octanol–water partition coefficient (Wildman–Crippen LogP) is 5.50. The molecular formula is C26H24N4O2S. The minimum atomic E-state index is -0.378. The largest absolute Gasteiger partial charge is 0.491 e. The number of hydrogen-bond acceptors (Lipinski definition) is 4. The molecular weight excluding hydrogens is 432 g/mol. The zero-order valence-electron chi connectivity index (χ0n) is 18.8. The van der Waals surface area contributed by atoms with Crippen LogP contribution in [-0.4, -0.2) is 33.0 Å². The summed E-state index contributed by atoms with van der Waals surface area (Å²) < 4.78 is 8.25. The molecule has 5 rings (SSSR count). The van der Waals surface area contributed by atoms with Crippen molar-refractivity contribution in [1.82, 2.24) is 9.47 Å². The van der Waals surface area contributed by atoms with Crippen LogP contribution in [0.2, 0.25) is 0 Å². The number of rotatable bonds is 5. The number of benzene rings is 2. The summed E-state index contributed by atoms with van der Waals surface area (Å²) >= 11 is 1.41. The standard InChI is InChI=1S/C26H24N4O2S/c1-16-7-6-8-17(2)23(16)32-12-11-29-15-19(20-9-4-5-10-22(20)29)13-21-24(27)30-14-18(3)33-26(30)28-25(21)31/h4-10,13-15,27H,11-12H2,1-3H3/b21-13-,27-24?. The van der Waals surface area contributed by atoms with Gasteiger partial charge in [-0.1, -0.05) is 48.2 Å². The molecule has 7 heteroatoms. The van der Waals surface area contributed by atoms with Crippen LogP contribution in [0.4, 0.5) is 0 Å². The molecule has 0 fully saturated rings. The molecule has 0 bridgehead atoms. The molecule has 0 atom stereocenters. The van der Waals surface area contributed by atoms with Gasteiger partial charge in [0.1, 0.15) is 18.2 Å². The molecule has 2 aromatic carbocycles. The van der Waals surface area contributed by atoms with E-state index in [0.29, 0.717) is 23.9 Å². The van der Waals surface area contributed by atoms with Gasteiger partial charge in [0.25, 0.3) is 5.91 Å². The zero-order chi connectivity index (χ0) is 23.1. The molecule has 0 saturated heterocycles. The number of amidine groups is 2. The van der Waals surface area contributed by atoms with E-state index in [4.69, 9.17) is 10.1 Å². The van der Waals surface area contributed by atoms with Crippen LogP contribution in [0.1, 0.15) is 23.6 Å². The maximum absolute atomic E-state index is 12.7. The third-order valence-electron chi connectivity index (χ3n) is 5.80. The number of carbonyl (C=O) groups excluding carboxylic acids is 1. The van der Waals surface area contributed by atoms with E-state index in [9.17, 15) is 4.79 Å². The number of carbonyl (C=O) groups is 1. The highest BCUT2D eigenvalue weighted by atomic mass is 32.2. The van der Waals surface area contributed by atoms with Gasteiger partial charge in [-0.3, -0.25) is 15.1 Å². The number of aliphatic imine (C=N–C) groups is 1. The van der Waals surface area contributed by atoms with Crippen molar-refractivity contribution in [3.63, 3.8) is 0 Å². The lowest BCUT2D eigenvalue weighted by atomic mass is 10.1. The highest BCUT2D eigenvalue weighted by molar-refractivity contribution is 8.17. The van der Waals surface area contributed by atoms with Gasteiger partial charge in [-0.25, -0.2) is 0 Å². The van der Waals surface area contributed by atoms with Crippen molar-refractivity contribution in [2.75, 3.05) is 6.61 Å². The van der Waals surface area contributed by atoms with Crippen LogP contribution >= 0.6 is 11.8 Å². The molecule has 2 aliphatic heterocycles. The van der Waals surface area contributed by atoms with E-state index in [-0.39, 0.29) is 11.7 Å². The van der Waals surface area contributed by atoms with Gasteiger partial charge in [-0.15, -0.1) is 0 Å². The van der Waals surface area contributed by atoms with Gasteiger partial charge in [0.05, 0.1) is 12.1 Å². The second kappa shape index (κ2) is 8.41. The number of para-hydroxylation sites is 2. The summed E-state index contributed by atoms with van der Waals surface area (Å²) in [7, 11) is 0. The molecule has 1 N–H and O–H groups in total. The number of ether oxygens (including phenoxy) is 1. The van der Waals surface area contributed by atoms with Gasteiger partial charge in [0, 0.05) is 33.8 Å². The smallest absolute Gasteiger partial charge is 0.283 e. The molecule has 1 aromatic heterocycles. The lowest BCUT2D eigenvalue weighted by Gasteiger charge is -2.22. The second-order valence-corrected chi connectivity index (χ2v) is 9.40. The first-order valence-electron chi connectivity index (χ1n) is 10.8. The summed E-state index contributed by atoms with van der Waals surface area (Å²) in [6.45, 7) is 7.24. The highest BCUT2D eigenvalue weighted by Gasteiger charge is 2.33. The first kappa shape index (κ1) is 21.3. The third-order valence-corrected chi connectivity index (χ3v) is 6.70. The van der Waals surface area contributed by atoms with Crippen LogP contribution in [0.5, 0.6) is 5.75 Å².